The smallest absolute Gasteiger partial charge is 0.262 e. The van der Waals surface area contributed by atoms with Crippen molar-refractivity contribution >= 4 is 45.9 Å². The molecule has 1 aromatic heterocycles. The summed E-state index contributed by atoms with van der Waals surface area (Å²) in [7, 11) is 0. The molecular formula is C25H20ClN3O4S. The lowest BCUT2D eigenvalue weighted by atomic mass is 10.2. The number of halogens is 1. The van der Waals surface area contributed by atoms with Crippen LogP contribution in [0.5, 0.6) is 11.5 Å². The maximum absolute atomic E-state index is 13.3. The molecule has 0 radical (unpaired) electrons. The number of rotatable bonds is 6. The molecule has 1 aliphatic heterocycles. The molecule has 172 valence electrons. The van der Waals surface area contributed by atoms with Gasteiger partial charge in [0.15, 0.2) is 22.8 Å². The third-order valence-corrected chi connectivity index (χ3v) is 6.57. The Morgan fingerprint density at radius 1 is 1.06 bits per heavy atom. The van der Waals surface area contributed by atoms with Crippen LogP contribution in [-0.4, -0.2) is 33.9 Å². The number of para-hydroxylation sites is 4. The molecule has 1 amide bonds. The SMILES string of the molecule is O=C(CSc1nc2ccccc2c(=O)n1C[C@@H]1COc2ccccc2O1)Nc1ccccc1Cl. The van der Waals surface area contributed by atoms with E-state index in [2.05, 4.69) is 10.3 Å². The van der Waals surface area contributed by atoms with Crippen LogP contribution in [0.2, 0.25) is 5.02 Å². The van der Waals surface area contributed by atoms with E-state index in [9.17, 15) is 9.59 Å². The number of hydrogen-bond acceptors (Lipinski definition) is 6. The van der Waals surface area contributed by atoms with Gasteiger partial charge in [-0.1, -0.05) is 59.8 Å². The van der Waals surface area contributed by atoms with Crippen LogP contribution in [0.4, 0.5) is 5.69 Å². The first-order valence-corrected chi connectivity index (χ1v) is 12.0. The molecule has 0 saturated heterocycles. The maximum Gasteiger partial charge on any atom is 0.262 e. The topological polar surface area (TPSA) is 82.5 Å². The third kappa shape index (κ3) is 4.73. The second kappa shape index (κ2) is 9.79. The Morgan fingerprint density at radius 3 is 2.65 bits per heavy atom. The molecule has 1 atom stereocenters. The highest BCUT2D eigenvalue weighted by molar-refractivity contribution is 7.99. The van der Waals surface area contributed by atoms with E-state index in [-0.39, 0.29) is 29.9 Å². The van der Waals surface area contributed by atoms with Crippen LogP contribution in [0, 0.1) is 0 Å². The molecule has 7 nitrogen and oxygen atoms in total. The van der Waals surface area contributed by atoms with E-state index < -0.39 is 0 Å². The second-order valence-corrected chi connectivity index (χ2v) is 8.99. The summed E-state index contributed by atoms with van der Waals surface area (Å²) in [6, 6.07) is 21.6. The normalized spacial score (nSPS) is 14.7. The van der Waals surface area contributed by atoms with E-state index in [1.165, 1.54) is 11.8 Å². The van der Waals surface area contributed by atoms with Crippen molar-refractivity contribution in [2.45, 2.75) is 17.8 Å². The van der Waals surface area contributed by atoms with Gasteiger partial charge in [0.1, 0.15) is 6.61 Å². The van der Waals surface area contributed by atoms with Gasteiger partial charge >= 0.3 is 0 Å². The summed E-state index contributed by atoms with van der Waals surface area (Å²) < 4.78 is 13.4. The van der Waals surface area contributed by atoms with Crippen LogP contribution in [0.1, 0.15) is 0 Å². The first kappa shape index (κ1) is 22.3. The summed E-state index contributed by atoms with van der Waals surface area (Å²) in [6.45, 7) is 0.535. The van der Waals surface area contributed by atoms with Gasteiger partial charge in [0.2, 0.25) is 5.91 Å². The average molecular weight is 494 g/mol. The monoisotopic (exact) mass is 493 g/mol. The summed E-state index contributed by atoms with van der Waals surface area (Å²) in [5, 5.41) is 4.18. The number of ether oxygens (including phenoxy) is 2. The molecule has 1 aliphatic rings. The molecule has 0 aliphatic carbocycles. The molecule has 9 heteroatoms. The number of aromatic nitrogens is 2. The Kier molecular flexibility index (Phi) is 6.42. The standard InChI is InChI=1S/C25H20ClN3O4S/c26-18-8-2-4-10-20(18)27-23(30)15-34-25-28-19-9-3-1-7-17(19)24(31)29(25)13-16-14-32-21-11-5-6-12-22(21)33-16/h1-12,16H,13-15H2,(H,27,30)/t16-/m1/s1. The lowest BCUT2D eigenvalue weighted by Crippen LogP contribution is -2.37. The van der Waals surface area contributed by atoms with Crippen LogP contribution < -0.4 is 20.3 Å². The molecule has 3 aromatic carbocycles. The fraction of sp³-hybridized carbons (Fsp3) is 0.160. The van der Waals surface area contributed by atoms with E-state index in [1.54, 1.807) is 47.0 Å². The number of nitrogens with one attached hydrogen (secondary N) is 1. The number of nitrogens with zero attached hydrogens (tertiary/aromatic N) is 2. The Balaban J connectivity index is 1.39. The van der Waals surface area contributed by atoms with Crippen molar-refractivity contribution in [2.24, 2.45) is 0 Å². The zero-order valence-corrected chi connectivity index (χ0v) is 19.5. The van der Waals surface area contributed by atoms with Gasteiger partial charge in [-0.15, -0.1) is 0 Å². The van der Waals surface area contributed by atoms with Crippen LogP contribution in [0.3, 0.4) is 0 Å². The zero-order chi connectivity index (χ0) is 23.5. The molecule has 4 aromatic rings. The first-order valence-electron chi connectivity index (χ1n) is 10.6. The quantitative estimate of drug-likeness (QED) is 0.312. The van der Waals surface area contributed by atoms with Gasteiger partial charge in [0.05, 0.1) is 33.9 Å². The van der Waals surface area contributed by atoms with Gasteiger partial charge in [-0.25, -0.2) is 4.98 Å². The number of carbonyl (C=O) groups is 1. The van der Waals surface area contributed by atoms with Crippen molar-refractivity contribution in [3.8, 4) is 11.5 Å². The summed E-state index contributed by atoms with van der Waals surface area (Å²) in [5.74, 6) is 1.11. The van der Waals surface area contributed by atoms with Gasteiger partial charge in [0.25, 0.3) is 5.56 Å². The Labute approximate surface area is 204 Å². The molecule has 0 bridgehead atoms. The molecule has 34 heavy (non-hydrogen) atoms. The number of anilines is 1. The minimum Gasteiger partial charge on any atom is -0.486 e. The molecule has 2 heterocycles. The molecule has 5 rings (SSSR count). The largest absolute Gasteiger partial charge is 0.486 e. The van der Waals surface area contributed by atoms with Crippen LogP contribution >= 0.6 is 23.4 Å². The molecule has 0 unspecified atom stereocenters. The predicted molar refractivity (Wildman–Crippen MR) is 133 cm³/mol. The van der Waals surface area contributed by atoms with E-state index in [1.807, 2.05) is 30.3 Å². The summed E-state index contributed by atoms with van der Waals surface area (Å²) in [6.07, 6.45) is -0.383. The van der Waals surface area contributed by atoms with E-state index in [0.29, 0.717) is 44.9 Å². The average Bonchev–Trinajstić information content (AvgIpc) is 2.86. The Morgan fingerprint density at radius 2 is 1.79 bits per heavy atom. The van der Waals surface area contributed by atoms with Crippen molar-refractivity contribution in [1.82, 2.24) is 9.55 Å². The van der Waals surface area contributed by atoms with Crippen LogP contribution in [0.25, 0.3) is 10.9 Å². The van der Waals surface area contributed by atoms with Crippen molar-refractivity contribution < 1.29 is 14.3 Å². The fourth-order valence-electron chi connectivity index (χ4n) is 3.65. The number of amides is 1. The number of carbonyl (C=O) groups excluding carboxylic acids is 1. The van der Waals surface area contributed by atoms with E-state index in [0.717, 1.165) is 0 Å². The lowest BCUT2D eigenvalue weighted by molar-refractivity contribution is -0.113. The summed E-state index contributed by atoms with van der Waals surface area (Å²) in [5.41, 5.74) is 0.913. The van der Waals surface area contributed by atoms with Crippen molar-refractivity contribution in [3.63, 3.8) is 0 Å². The summed E-state index contributed by atoms with van der Waals surface area (Å²) >= 11 is 7.32. The lowest BCUT2D eigenvalue weighted by Gasteiger charge is -2.27. The molecule has 0 fully saturated rings. The fourth-order valence-corrected chi connectivity index (χ4v) is 4.65. The summed E-state index contributed by atoms with van der Waals surface area (Å²) in [4.78, 5) is 30.6. The van der Waals surface area contributed by atoms with Crippen LogP contribution in [-0.2, 0) is 11.3 Å². The zero-order valence-electron chi connectivity index (χ0n) is 17.9. The van der Waals surface area contributed by atoms with Gasteiger partial charge in [-0.05, 0) is 36.4 Å². The third-order valence-electron chi connectivity index (χ3n) is 5.26. The maximum atomic E-state index is 13.3. The van der Waals surface area contributed by atoms with Gasteiger partial charge in [-0.2, -0.15) is 0 Å². The number of fused-ring (bicyclic) bond motifs is 2. The van der Waals surface area contributed by atoms with Crippen molar-refractivity contribution in [1.29, 1.82) is 0 Å². The van der Waals surface area contributed by atoms with E-state index >= 15 is 0 Å². The number of hydrogen-bond donors (Lipinski definition) is 1. The molecule has 1 N–H and O–H groups in total. The van der Waals surface area contributed by atoms with E-state index in [4.69, 9.17) is 21.1 Å². The van der Waals surface area contributed by atoms with Crippen LogP contribution in [0.15, 0.2) is 82.7 Å². The predicted octanol–water partition coefficient (Wildman–Crippen LogP) is 4.62. The number of thioether (sulfide) groups is 1. The van der Waals surface area contributed by atoms with Crippen molar-refractivity contribution in [2.75, 3.05) is 17.7 Å². The Bertz CT molecular complexity index is 1420. The Hall–Kier alpha value is -3.49. The van der Waals surface area contributed by atoms with Gasteiger partial charge in [-0.3, -0.25) is 14.2 Å². The second-order valence-electron chi connectivity index (χ2n) is 7.64. The van der Waals surface area contributed by atoms with Crippen molar-refractivity contribution in [3.05, 3.63) is 88.2 Å². The minimum absolute atomic E-state index is 0.0564. The highest BCUT2D eigenvalue weighted by atomic mass is 35.5. The first-order chi connectivity index (χ1) is 16.6. The molecular weight excluding hydrogens is 474 g/mol. The van der Waals surface area contributed by atoms with Gasteiger partial charge in [0, 0.05) is 0 Å². The number of benzene rings is 3. The van der Waals surface area contributed by atoms with Gasteiger partial charge < -0.3 is 14.8 Å². The highest BCUT2D eigenvalue weighted by Crippen LogP contribution is 2.31. The highest BCUT2D eigenvalue weighted by Gasteiger charge is 2.24. The minimum atomic E-state index is -0.383. The molecule has 0 spiro atoms. The molecule has 0 saturated carbocycles.